The van der Waals surface area contributed by atoms with Crippen LogP contribution in [0.3, 0.4) is 0 Å². The Morgan fingerprint density at radius 3 is 2.60 bits per heavy atom. The highest BCUT2D eigenvalue weighted by molar-refractivity contribution is 5.50. The minimum Gasteiger partial charge on any atom is -0.376 e. The van der Waals surface area contributed by atoms with Gasteiger partial charge < -0.3 is 19.9 Å². The summed E-state index contributed by atoms with van der Waals surface area (Å²) in [6.45, 7) is 5.43. The van der Waals surface area contributed by atoms with E-state index in [0.717, 1.165) is 69.6 Å². The van der Waals surface area contributed by atoms with E-state index in [2.05, 4.69) is 36.1 Å². The van der Waals surface area contributed by atoms with Gasteiger partial charge in [0.1, 0.15) is 23.8 Å². The Balaban J connectivity index is 1.34. The fraction of sp³-hybridized carbons (Fsp3) is 0.500. The molecule has 1 atom stereocenters. The highest BCUT2D eigenvalue weighted by Gasteiger charge is 2.20. The van der Waals surface area contributed by atoms with Gasteiger partial charge in [-0.05, 0) is 25.0 Å². The molecule has 132 valence electrons. The number of anilines is 3. The number of aromatic nitrogens is 3. The molecule has 2 aromatic heterocycles. The van der Waals surface area contributed by atoms with Gasteiger partial charge in [-0.2, -0.15) is 0 Å². The summed E-state index contributed by atoms with van der Waals surface area (Å²) in [4.78, 5) is 17.8. The fourth-order valence-electron chi connectivity index (χ4n) is 3.35. The van der Waals surface area contributed by atoms with Crippen molar-refractivity contribution < 1.29 is 4.74 Å². The second-order valence-corrected chi connectivity index (χ2v) is 6.44. The van der Waals surface area contributed by atoms with E-state index in [9.17, 15) is 0 Å². The maximum Gasteiger partial charge on any atom is 0.134 e. The second kappa shape index (κ2) is 7.65. The van der Waals surface area contributed by atoms with Crippen LogP contribution in [-0.4, -0.2) is 60.4 Å². The lowest BCUT2D eigenvalue weighted by Gasteiger charge is -2.36. The Labute approximate surface area is 148 Å². The molecule has 2 aliphatic heterocycles. The zero-order chi connectivity index (χ0) is 16.9. The van der Waals surface area contributed by atoms with Gasteiger partial charge >= 0.3 is 0 Å². The van der Waals surface area contributed by atoms with Crippen LogP contribution in [0.5, 0.6) is 0 Å². The first-order chi connectivity index (χ1) is 12.4. The SMILES string of the molecule is c1ccc(N2CCN(c3cc(NCC4CCCO4)ncn3)CC2)nc1. The number of hydrogen-bond donors (Lipinski definition) is 1. The first kappa shape index (κ1) is 16.1. The van der Waals surface area contributed by atoms with Gasteiger partial charge in [0.05, 0.1) is 6.10 Å². The van der Waals surface area contributed by atoms with Gasteiger partial charge in [-0.15, -0.1) is 0 Å². The van der Waals surface area contributed by atoms with E-state index < -0.39 is 0 Å². The van der Waals surface area contributed by atoms with E-state index in [1.807, 2.05) is 24.4 Å². The van der Waals surface area contributed by atoms with Crippen molar-refractivity contribution in [1.82, 2.24) is 15.0 Å². The molecule has 2 fully saturated rings. The Hall–Kier alpha value is -2.41. The molecule has 4 rings (SSSR count). The van der Waals surface area contributed by atoms with Crippen LogP contribution in [0.15, 0.2) is 36.8 Å². The number of rotatable bonds is 5. The summed E-state index contributed by atoms with van der Waals surface area (Å²) in [7, 11) is 0. The predicted octanol–water partition coefficient (Wildman–Crippen LogP) is 1.79. The van der Waals surface area contributed by atoms with Crippen LogP contribution < -0.4 is 15.1 Å². The van der Waals surface area contributed by atoms with Crippen molar-refractivity contribution in [3.63, 3.8) is 0 Å². The van der Waals surface area contributed by atoms with Crippen molar-refractivity contribution in [2.24, 2.45) is 0 Å². The molecule has 0 aliphatic carbocycles. The maximum absolute atomic E-state index is 5.65. The number of nitrogens with one attached hydrogen (secondary N) is 1. The molecule has 7 nitrogen and oxygen atoms in total. The first-order valence-electron chi connectivity index (χ1n) is 8.97. The number of ether oxygens (including phenoxy) is 1. The second-order valence-electron chi connectivity index (χ2n) is 6.44. The zero-order valence-electron chi connectivity index (χ0n) is 14.3. The summed E-state index contributed by atoms with van der Waals surface area (Å²) in [5, 5.41) is 3.38. The van der Waals surface area contributed by atoms with E-state index in [-0.39, 0.29) is 0 Å². The molecule has 25 heavy (non-hydrogen) atoms. The summed E-state index contributed by atoms with van der Waals surface area (Å²) in [6.07, 6.45) is 6.07. The van der Waals surface area contributed by atoms with Gasteiger partial charge in [0.2, 0.25) is 0 Å². The van der Waals surface area contributed by atoms with Crippen LogP contribution in [0.2, 0.25) is 0 Å². The summed E-state index contributed by atoms with van der Waals surface area (Å²) >= 11 is 0. The average molecular weight is 340 g/mol. The molecule has 0 aromatic carbocycles. The Kier molecular flexibility index (Phi) is 4.92. The standard InChI is InChI=1S/C18H24N6O/c1-2-6-19-17(5-1)23-7-9-24(10-8-23)18-12-16(21-14-22-18)20-13-15-4-3-11-25-15/h1-2,5-6,12,14-15H,3-4,7-11,13H2,(H,20,21,22). The number of nitrogens with zero attached hydrogens (tertiary/aromatic N) is 5. The van der Waals surface area contributed by atoms with E-state index in [1.54, 1.807) is 6.33 Å². The summed E-state index contributed by atoms with van der Waals surface area (Å²) in [5.41, 5.74) is 0. The Morgan fingerprint density at radius 2 is 1.88 bits per heavy atom. The van der Waals surface area contributed by atoms with Crippen LogP contribution in [0, 0.1) is 0 Å². The molecule has 0 saturated carbocycles. The summed E-state index contributed by atoms with van der Waals surface area (Å²) < 4.78 is 5.65. The van der Waals surface area contributed by atoms with Crippen LogP contribution >= 0.6 is 0 Å². The smallest absolute Gasteiger partial charge is 0.134 e. The molecule has 2 aromatic rings. The minimum absolute atomic E-state index is 0.306. The van der Waals surface area contributed by atoms with Crippen LogP contribution in [-0.2, 0) is 4.74 Å². The topological polar surface area (TPSA) is 66.4 Å². The zero-order valence-corrected chi connectivity index (χ0v) is 14.3. The number of hydrogen-bond acceptors (Lipinski definition) is 7. The van der Waals surface area contributed by atoms with E-state index >= 15 is 0 Å². The van der Waals surface area contributed by atoms with Crippen molar-refractivity contribution in [3.05, 3.63) is 36.8 Å². The molecular formula is C18H24N6O. The van der Waals surface area contributed by atoms with Crippen LogP contribution in [0.25, 0.3) is 0 Å². The largest absolute Gasteiger partial charge is 0.376 e. The van der Waals surface area contributed by atoms with Gasteiger partial charge in [-0.1, -0.05) is 6.07 Å². The molecule has 2 saturated heterocycles. The third-order valence-corrected chi connectivity index (χ3v) is 4.76. The molecule has 1 N–H and O–H groups in total. The van der Waals surface area contributed by atoms with Crippen molar-refractivity contribution in [1.29, 1.82) is 0 Å². The first-order valence-corrected chi connectivity index (χ1v) is 8.97. The molecule has 1 unspecified atom stereocenters. The van der Waals surface area contributed by atoms with Crippen molar-refractivity contribution in [2.75, 3.05) is 54.4 Å². The molecule has 0 amide bonds. The highest BCUT2D eigenvalue weighted by Crippen LogP contribution is 2.19. The lowest BCUT2D eigenvalue weighted by Crippen LogP contribution is -2.47. The average Bonchev–Trinajstić information content (AvgIpc) is 3.21. The molecule has 4 heterocycles. The Bertz CT molecular complexity index is 668. The Morgan fingerprint density at radius 1 is 1.04 bits per heavy atom. The lowest BCUT2D eigenvalue weighted by molar-refractivity contribution is 0.120. The molecule has 2 aliphatic rings. The lowest BCUT2D eigenvalue weighted by atomic mass is 10.2. The molecule has 0 bridgehead atoms. The van der Waals surface area contributed by atoms with Crippen LogP contribution in [0.1, 0.15) is 12.8 Å². The quantitative estimate of drug-likeness (QED) is 0.890. The van der Waals surface area contributed by atoms with Crippen molar-refractivity contribution >= 4 is 17.5 Å². The van der Waals surface area contributed by atoms with Gasteiger partial charge in [-0.25, -0.2) is 15.0 Å². The van der Waals surface area contributed by atoms with E-state index in [4.69, 9.17) is 4.74 Å². The highest BCUT2D eigenvalue weighted by atomic mass is 16.5. The molecule has 0 spiro atoms. The van der Waals surface area contributed by atoms with Gasteiger partial charge in [0, 0.05) is 51.6 Å². The van der Waals surface area contributed by atoms with Gasteiger partial charge in [-0.3, -0.25) is 0 Å². The van der Waals surface area contributed by atoms with E-state index in [0.29, 0.717) is 6.10 Å². The molecule has 7 heteroatoms. The fourth-order valence-corrected chi connectivity index (χ4v) is 3.35. The van der Waals surface area contributed by atoms with Crippen molar-refractivity contribution in [3.8, 4) is 0 Å². The van der Waals surface area contributed by atoms with Gasteiger partial charge in [0.15, 0.2) is 0 Å². The number of pyridine rings is 1. The predicted molar refractivity (Wildman–Crippen MR) is 98.2 cm³/mol. The maximum atomic E-state index is 5.65. The molecular weight excluding hydrogens is 316 g/mol. The third-order valence-electron chi connectivity index (χ3n) is 4.76. The summed E-state index contributed by atoms with van der Waals surface area (Å²) in [6, 6.07) is 8.08. The monoisotopic (exact) mass is 340 g/mol. The van der Waals surface area contributed by atoms with Crippen LogP contribution in [0.4, 0.5) is 17.5 Å². The van der Waals surface area contributed by atoms with Gasteiger partial charge in [0.25, 0.3) is 0 Å². The normalized spacial score (nSPS) is 20.7. The van der Waals surface area contributed by atoms with E-state index in [1.165, 1.54) is 0 Å². The van der Waals surface area contributed by atoms with Crippen molar-refractivity contribution in [2.45, 2.75) is 18.9 Å². The third kappa shape index (κ3) is 3.99. The number of piperazine rings is 1. The minimum atomic E-state index is 0.306. The molecule has 0 radical (unpaired) electrons. The summed E-state index contributed by atoms with van der Waals surface area (Å²) in [5.74, 6) is 2.89.